The molecule has 8 nitrogen and oxygen atoms in total. The molecule has 1 atom stereocenters. The molecule has 3 N–H and O–H groups in total. The predicted octanol–water partition coefficient (Wildman–Crippen LogP) is 3.07. The van der Waals surface area contributed by atoms with Gasteiger partial charge in [-0.05, 0) is 57.2 Å². The third-order valence-electron chi connectivity index (χ3n) is 3.86. The van der Waals surface area contributed by atoms with Gasteiger partial charge in [-0.3, -0.25) is 4.79 Å². The number of nitrogens with zero attached hydrogens (tertiary/aromatic N) is 2. The molecule has 0 spiro atoms. The van der Waals surface area contributed by atoms with Crippen molar-refractivity contribution in [2.45, 2.75) is 26.8 Å². The van der Waals surface area contributed by atoms with Crippen LogP contribution < -0.4 is 15.8 Å². The van der Waals surface area contributed by atoms with Crippen LogP contribution in [0.1, 0.15) is 31.3 Å². The summed E-state index contributed by atoms with van der Waals surface area (Å²) in [6.07, 6.45) is 5.60. The summed E-state index contributed by atoms with van der Waals surface area (Å²) >= 11 is 0. The van der Waals surface area contributed by atoms with Crippen molar-refractivity contribution in [1.82, 2.24) is 9.97 Å². The van der Waals surface area contributed by atoms with Crippen molar-refractivity contribution < 1.29 is 19.1 Å². The molecule has 0 aliphatic rings. The van der Waals surface area contributed by atoms with Crippen molar-refractivity contribution in [1.29, 1.82) is 0 Å². The number of ether oxygens (including phenoxy) is 2. The first-order valence-corrected chi connectivity index (χ1v) is 8.98. The molecule has 2 rings (SSSR count). The zero-order chi connectivity index (χ0) is 21.4. The van der Waals surface area contributed by atoms with Crippen LogP contribution in [0, 0.1) is 0 Å². The van der Waals surface area contributed by atoms with Gasteiger partial charge >= 0.3 is 5.97 Å². The number of methoxy groups -OCH3 is 1. The van der Waals surface area contributed by atoms with Gasteiger partial charge in [0.15, 0.2) is 5.82 Å². The number of hydrogen-bond donors (Lipinski definition) is 2. The SMILES string of the molecule is CC=CC(=CC)Oc1ccc(-c2nc(NC(C)C(=O)OC)cc(C(N)=O)n2)cc1. The van der Waals surface area contributed by atoms with Gasteiger partial charge in [0, 0.05) is 11.6 Å². The first-order chi connectivity index (χ1) is 13.9. The summed E-state index contributed by atoms with van der Waals surface area (Å²) in [7, 11) is 1.29. The molecule has 1 heterocycles. The van der Waals surface area contributed by atoms with Gasteiger partial charge in [-0.2, -0.15) is 0 Å². The highest BCUT2D eigenvalue weighted by atomic mass is 16.5. The Hall–Kier alpha value is -3.68. The van der Waals surface area contributed by atoms with E-state index in [9.17, 15) is 9.59 Å². The number of allylic oxidation sites excluding steroid dienone is 3. The topological polar surface area (TPSA) is 116 Å². The Morgan fingerprint density at radius 3 is 2.41 bits per heavy atom. The Labute approximate surface area is 169 Å². The molecule has 1 amide bonds. The van der Waals surface area contributed by atoms with E-state index in [2.05, 4.69) is 20.0 Å². The normalized spacial score (nSPS) is 12.5. The highest BCUT2D eigenvalue weighted by Gasteiger charge is 2.16. The van der Waals surface area contributed by atoms with Gasteiger partial charge in [-0.25, -0.2) is 14.8 Å². The minimum atomic E-state index is -0.702. The summed E-state index contributed by atoms with van der Waals surface area (Å²) in [6, 6.07) is 7.81. The Bertz CT molecular complexity index is 936. The van der Waals surface area contributed by atoms with Crippen LogP contribution in [0.4, 0.5) is 5.82 Å². The maximum absolute atomic E-state index is 11.7. The number of benzene rings is 1. The van der Waals surface area contributed by atoms with E-state index >= 15 is 0 Å². The lowest BCUT2D eigenvalue weighted by Gasteiger charge is -2.14. The summed E-state index contributed by atoms with van der Waals surface area (Å²) in [5.41, 5.74) is 6.07. The molecule has 1 unspecified atom stereocenters. The van der Waals surface area contributed by atoms with E-state index < -0.39 is 17.9 Å². The van der Waals surface area contributed by atoms with Gasteiger partial charge in [0.1, 0.15) is 29.1 Å². The minimum absolute atomic E-state index is 0.0270. The van der Waals surface area contributed by atoms with E-state index in [1.165, 1.54) is 13.2 Å². The Morgan fingerprint density at radius 2 is 1.86 bits per heavy atom. The third kappa shape index (κ3) is 5.90. The third-order valence-corrected chi connectivity index (χ3v) is 3.86. The standard InChI is InChI=1S/C21H24N4O4/c1-5-7-15(6-2)29-16-10-8-14(9-11-16)20-24-17(19(22)26)12-18(25-20)23-13(3)21(27)28-4/h5-13H,1-4H3,(H2,22,26)(H,23,24,25). The fraction of sp³-hybridized carbons (Fsp3) is 0.238. The van der Waals surface area contributed by atoms with Crippen LogP contribution >= 0.6 is 0 Å². The van der Waals surface area contributed by atoms with Gasteiger partial charge in [-0.15, -0.1) is 0 Å². The molecule has 0 aliphatic carbocycles. The van der Waals surface area contributed by atoms with Crippen molar-refractivity contribution in [3.63, 3.8) is 0 Å². The van der Waals surface area contributed by atoms with E-state index in [0.29, 0.717) is 11.3 Å². The zero-order valence-electron chi connectivity index (χ0n) is 16.8. The molecule has 1 aromatic heterocycles. The second kappa shape index (κ2) is 10.0. The van der Waals surface area contributed by atoms with Gasteiger partial charge in [0.25, 0.3) is 5.91 Å². The number of aromatic nitrogens is 2. The molecule has 1 aromatic carbocycles. The van der Waals surface area contributed by atoms with Crippen molar-refractivity contribution in [2.24, 2.45) is 5.73 Å². The molecule has 0 fully saturated rings. The number of anilines is 1. The van der Waals surface area contributed by atoms with Gasteiger partial charge in [0.05, 0.1) is 7.11 Å². The maximum atomic E-state index is 11.7. The Morgan fingerprint density at radius 1 is 1.17 bits per heavy atom. The van der Waals surface area contributed by atoms with Crippen LogP contribution in [0.15, 0.2) is 54.3 Å². The number of carbonyl (C=O) groups is 2. The summed E-state index contributed by atoms with van der Waals surface area (Å²) in [5.74, 6) is 0.761. The van der Waals surface area contributed by atoms with Gasteiger partial charge in [0.2, 0.25) is 0 Å². The number of hydrogen-bond acceptors (Lipinski definition) is 7. The summed E-state index contributed by atoms with van der Waals surface area (Å²) < 4.78 is 10.5. The van der Waals surface area contributed by atoms with Crippen LogP contribution in [0.5, 0.6) is 5.75 Å². The van der Waals surface area contributed by atoms with Crippen molar-refractivity contribution in [3.05, 3.63) is 60.0 Å². The Balaban J connectivity index is 2.33. The molecule has 0 saturated carbocycles. The largest absolute Gasteiger partial charge is 0.467 e. The van der Waals surface area contributed by atoms with Crippen molar-refractivity contribution in [3.8, 4) is 17.1 Å². The molecule has 0 bridgehead atoms. The number of nitrogens with two attached hydrogens (primary N) is 1. The van der Waals surface area contributed by atoms with Crippen LogP contribution in [-0.2, 0) is 9.53 Å². The number of nitrogens with one attached hydrogen (secondary N) is 1. The second-order valence-electron chi connectivity index (χ2n) is 6.03. The molecule has 0 aliphatic heterocycles. The lowest BCUT2D eigenvalue weighted by atomic mass is 10.2. The average Bonchev–Trinajstić information content (AvgIpc) is 2.72. The number of carbonyl (C=O) groups excluding carboxylic acids is 2. The second-order valence-corrected chi connectivity index (χ2v) is 6.03. The molecule has 152 valence electrons. The molecular weight excluding hydrogens is 372 g/mol. The van der Waals surface area contributed by atoms with Gasteiger partial charge in [-0.1, -0.05) is 6.08 Å². The molecular formula is C21H24N4O4. The Kier molecular flexibility index (Phi) is 7.47. The summed E-state index contributed by atoms with van der Waals surface area (Å²) in [6.45, 7) is 5.41. The van der Waals surface area contributed by atoms with Gasteiger partial charge < -0.3 is 20.5 Å². The van der Waals surface area contributed by atoms with Crippen molar-refractivity contribution >= 4 is 17.7 Å². The number of esters is 1. The molecule has 2 aromatic rings. The first-order valence-electron chi connectivity index (χ1n) is 8.98. The maximum Gasteiger partial charge on any atom is 0.328 e. The van der Waals surface area contributed by atoms with E-state index in [4.69, 9.17) is 10.5 Å². The quantitative estimate of drug-likeness (QED) is 0.400. The predicted molar refractivity (Wildman–Crippen MR) is 110 cm³/mol. The number of primary amides is 1. The molecule has 8 heteroatoms. The fourth-order valence-electron chi connectivity index (χ4n) is 2.40. The fourth-order valence-corrected chi connectivity index (χ4v) is 2.40. The monoisotopic (exact) mass is 396 g/mol. The lowest BCUT2D eigenvalue weighted by molar-refractivity contribution is -0.141. The van der Waals surface area contributed by atoms with Crippen LogP contribution in [0.2, 0.25) is 0 Å². The molecule has 0 radical (unpaired) electrons. The number of rotatable bonds is 8. The number of amides is 1. The summed E-state index contributed by atoms with van der Waals surface area (Å²) in [4.78, 5) is 31.9. The highest BCUT2D eigenvalue weighted by molar-refractivity contribution is 5.92. The van der Waals surface area contributed by atoms with Crippen LogP contribution in [0.3, 0.4) is 0 Å². The van der Waals surface area contributed by atoms with E-state index in [1.54, 1.807) is 31.2 Å². The first kappa shape index (κ1) is 21.6. The van der Waals surface area contributed by atoms with E-state index in [1.807, 2.05) is 32.1 Å². The highest BCUT2D eigenvalue weighted by Crippen LogP contribution is 2.23. The smallest absolute Gasteiger partial charge is 0.328 e. The molecule has 0 saturated heterocycles. The van der Waals surface area contributed by atoms with Crippen LogP contribution in [0.25, 0.3) is 11.4 Å². The van der Waals surface area contributed by atoms with E-state index in [0.717, 1.165) is 5.76 Å². The lowest BCUT2D eigenvalue weighted by Crippen LogP contribution is -2.28. The van der Waals surface area contributed by atoms with Crippen molar-refractivity contribution in [2.75, 3.05) is 12.4 Å². The average molecular weight is 396 g/mol. The minimum Gasteiger partial charge on any atom is -0.467 e. The molecule has 29 heavy (non-hydrogen) atoms. The summed E-state index contributed by atoms with van der Waals surface area (Å²) in [5, 5.41) is 2.88. The van der Waals surface area contributed by atoms with Crippen LogP contribution in [-0.4, -0.2) is 35.0 Å². The van der Waals surface area contributed by atoms with E-state index in [-0.39, 0.29) is 17.3 Å². The zero-order valence-corrected chi connectivity index (χ0v) is 16.8.